The second kappa shape index (κ2) is 8.53. The van der Waals surface area contributed by atoms with Crippen LogP contribution < -0.4 is 15.4 Å². The molecule has 0 aliphatic heterocycles. The number of anilines is 2. The summed E-state index contributed by atoms with van der Waals surface area (Å²) in [6.07, 6.45) is 4.45. The maximum atomic E-state index is 9.14. The Morgan fingerprint density at radius 1 is 1.26 bits per heavy atom. The fourth-order valence-corrected chi connectivity index (χ4v) is 1.73. The summed E-state index contributed by atoms with van der Waals surface area (Å²) >= 11 is 0. The standard InChI is InChI=1S/C13H24N4O2/c1-3-5-6-17(7-8-18)12-11(14)13(16-10-15-12)19-9-4-2/h10,18H,3-9,14H2,1-2H3. The highest BCUT2D eigenvalue weighted by Gasteiger charge is 2.15. The summed E-state index contributed by atoms with van der Waals surface area (Å²) in [5, 5.41) is 9.14. The first-order chi connectivity index (χ1) is 9.24. The first kappa shape index (κ1) is 15.5. The molecule has 0 aromatic carbocycles. The monoisotopic (exact) mass is 268 g/mol. The lowest BCUT2D eigenvalue weighted by atomic mass is 10.3. The van der Waals surface area contributed by atoms with Gasteiger partial charge in [-0.25, -0.2) is 4.98 Å². The van der Waals surface area contributed by atoms with Gasteiger partial charge in [0, 0.05) is 13.1 Å². The summed E-state index contributed by atoms with van der Waals surface area (Å²) in [6, 6.07) is 0. The van der Waals surface area contributed by atoms with Crippen LogP contribution in [0.1, 0.15) is 33.1 Å². The smallest absolute Gasteiger partial charge is 0.242 e. The number of aliphatic hydroxyl groups excluding tert-OH is 1. The van der Waals surface area contributed by atoms with Crippen molar-refractivity contribution in [2.75, 3.05) is 36.9 Å². The predicted molar refractivity (Wildman–Crippen MR) is 76.4 cm³/mol. The van der Waals surface area contributed by atoms with Gasteiger partial charge < -0.3 is 20.5 Å². The quantitative estimate of drug-likeness (QED) is 0.705. The first-order valence-corrected chi connectivity index (χ1v) is 6.83. The maximum absolute atomic E-state index is 9.14. The zero-order valence-corrected chi connectivity index (χ0v) is 11.8. The van der Waals surface area contributed by atoms with Crippen LogP contribution in [0.3, 0.4) is 0 Å². The molecule has 1 rings (SSSR count). The topological polar surface area (TPSA) is 84.5 Å². The minimum atomic E-state index is 0.0678. The van der Waals surface area contributed by atoms with Crippen LogP contribution in [0.15, 0.2) is 6.33 Å². The van der Waals surface area contributed by atoms with Gasteiger partial charge in [0.2, 0.25) is 5.88 Å². The molecule has 0 spiro atoms. The molecule has 0 aliphatic rings. The van der Waals surface area contributed by atoms with Crippen LogP contribution in [-0.4, -0.2) is 41.4 Å². The molecule has 108 valence electrons. The molecule has 0 amide bonds. The molecule has 3 N–H and O–H groups in total. The Kier molecular flexibility index (Phi) is 6.95. The SMILES string of the molecule is CCCCN(CCO)c1ncnc(OCCC)c1N. The van der Waals surface area contributed by atoms with E-state index >= 15 is 0 Å². The van der Waals surface area contributed by atoms with Crippen LogP contribution in [-0.2, 0) is 0 Å². The summed E-state index contributed by atoms with van der Waals surface area (Å²) in [5.74, 6) is 1.06. The summed E-state index contributed by atoms with van der Waals surface area (Å²) in [7, 11) is 0. The number of hydrogen-bond donors (Lipinski definition) is 2. The van der Waals surface area contributed by atoms with E-state index in [-0.39, 0.29) is 6.61 Å². The fraction of sp³-hybridized carbons (Fsp3) is 0.692. The molecule has 6 heteroatoms. The molecule has 0 saturated carbocycles. The number of aromatic nitrogens is 2. The largest absolute Gasteiger partial charge is 0.476 e. The van der Waals surface area contributed by atoms with Crippen molar-refractivity contribution in [2.24, 2.45) is 0 Å². The number of ether oxygens (including phenoxy) is 1. The summed E-state index contributed by atoms with van der Waals surface area (Å²) in [4.78, 5) is 10.2. The van der Waals surface area contributed by atoms with E-state index in [2.05, 4.69) is 16.9 Å². The highest BCUT2D eigenvalue weighted by Crippen LogP contribution is 2.27. The number of unbranched alkanes of at least 4 members (excludes halogenated alkanes) is 1. The molecule has 0 aliphatic carbocycles. The minimum Gasteiger partial charge on any atom is -0.476 e. The van der Waals surface area contributed by atoms with Crippen molar-refractivity contribution < 1.29 is 9.84 Å². The number of nitrogen functional groups attached to an aromatic ring is 1. The molecule has 0 saturated heterocycles. The molecule has 6 nitrogen and oxygen atoms in total. The Labute approximate surface area is 114 Å². The Balaban J connectivity index is 2.88. The Bertz CT molecular complexity index is 374. The molecule has 0 bridgehead atoms. The van der Waals surface area contributed by atoms with Gasteiger partial charge in [-0.2, -0.15) is 4.98 Å². The number of hydrogen-bond acceptors (Lipinski definition) is 6. The van der Waals surface area contributed by atoms with Crippen LogP contribution in [0, 0.1) is 0 Å². The van der Waals surface area contributed by atoms with Crippen molar-refractivity contribution in [2.45, 2.75) is 33.1 Å². The van der Waals surface area contributed by atoms with Crippen molar-refractivity contribution >= 4 is 11.5 Å². The molecule has 0 atom stereocenters. The molecule has 1 aromatic heterocycles. The Hall–Kier alpha value is -1.56. The highest BCUT2D eigenvalue weighted by molar-refractivity contribution is 5.67. The van der Waals surface area contributed by atoms with Crippen molar-refractivity contribution in [1.82, 2.24) is 9.97 Å². The third kappa shape index (κ3) is 4.55. The average Bonchev–Trinajstić information content (AvgIpc) is 2.42. The van der Waals surface area contributed by atoms with Crippen molar-refractivity contribution in [1.29, 1.82) is 0 Å². The molecule has 0 unspecified atom stereocenters. The van der Waals surface area contributed by atoms with Crippen molar-refractivity contribution in [3.63, 3.8) is 0 Å². The van der Waals surface area contributed by atoms with Gasteiger partial charge in [0.05, 0.1) is 13.2 Å². The number of aliphatic hydroxyl groups is 1. The van der Waals surface area contributed by atoms with E-state index in [4.69, 9.17) is 15.6 Å². The average molecular weight is 268 g/mol. The van der Waals surface area contributed by atoms with E-state index in [1.807, 2.05) is 11.8 Å². The fourth-order valence-electron chi connectivity index (χ4n) is 1.73. The van der Waals surface area contributed by atoms with Crippen LogP contribution in [0.2, 0.25) is 0 Å². The van der Waals surface area contributed by atoms with Gasteiger partial charge in [0.1, 0.15) is 12.0 Å². The maximum Gasteiger partial charge on any atom is 0.242 e. The lowest BCUT2D eigenvalue weighted by Crippen LogP contribution is -2.29. The number of nitrogens with two attached hydrogens (primary N) is 1. The second-order valence-electron chi connectivity index (χ2n) is 4.33. The summed E-state index contributed by atoms with van der Waals surface area (Å²) < 4.78 is 5.49. The number of rotatable bonds is 9. The minimum absolute atomic E-state index is 0.0678. The van der Waals surface area contributed by atoms with E-state index in [0.717, 1.165) is 25.8 Å². The van der Waals surface area contributed by atoms with Crippen molar-refractivity contribution in [3.8, 4) is 5.88 Å². The van der Waals surface area contributed by atoms with E-state index in [1.165, 1.54) is 6.33 Å². The molecular weight excluding hydrogens is 244 g/mol. The Morgan fingerprint density at radius 2 is 2.05 bits per heavy atom. The molecular formula is C13H24N4O2. The Morgan fingerprint density at radius 3 is 2.68 bits per heavy atom. The van der Waals surface area contributed by atoms with Crippen molar-refractivity contribution in [3.05, 3.63) is 6.33 Å². The molecule has 1 heterocycles. The van der Waals surface area contributed by atoms with E-state index in [1.54, 1.807) is 0 Å². The predicted octanol–water partition coefficient (Wildman–Crippen LogP) is 1.45. The zero-order chi connectivity index (χ0) is 14.1. The molecule has 0 radical (unpaired) electrons. The van der Waals surface area contributed by atoms with E-state index in [0.29, 0.717) is 30.5 Å². The van der Waals surface area contributed by atoms with Gasteiger partial charge in [0.15, 0.2) is 5.82 Å². The first-order valence-electron chi connectivity index (χ1n) is 6.83. The van der Waals surface area contributed by atoms with Crippen LogP contribution >= 0.6 is 0 Å². The van der Waals surface area contributed by atoms with Gasteiger partial charge in [-0.15, -0.1) is 0 Å². The third-order valence-electron chi connectivity index (χ3n) is 2.72. The van der Waals surface area contributed by atoms with Gasteiger partial charge in [-0.3, -0.25) is 0 Å². The van der Waals surface area contributed by atoms with Crippen LogP contribution in [0.5, 0.6) is 5.88 Å². The van der Waals surface area contributed by atoms with E-state index < -0.39 is 0 Å². The normalized spacial score (nSPS) is 10.5. The lowest BCUT2D eigenvalue weighted by molar-refractivity contribution is 0.299. The second-order valence-corrected chi connectivity index (χ2v) is 4.33. The molecule has 19 heavy (non-hydrogen) atoms. The number of nitrogens with zero attached hydrogens (tertiary/aromatic N) is 3. The lowest BCUT2D eigenvalue weighted by Gasteiger charge is -2.24. The zero-order valence-electron chi connectivity index (χ0n) is 11.8. The van der Waals surface area contributed by atoms with Crippen LogP contribution in [0.4, 0.5) is 11.5 Å². The van der Waals surface area contributed by atoms with Gasteiger partial charge >= 0.3 is 0 Å². The summed E-state index contributed by atoms with van der Waals surface area (Å²) in [5.41, 5.74) is 6.50. The molecule has 0 fully saturated rings. The van der Waals surface area contributed by atoms with Gasteiger partial charge in [0.25, 0.3) is 0 Å². The summed E-state index contributed by atoms with van der Waals surface area (Å²) in [6.45, 7) is 6.11. The van der Waals surface area contributed by atoms with E-state index in [9.17, 15) is 0 Å². The van der Waals surface area contributed by atoms with Gasteiger partial charge in [-0.1, -0.05) is 20.3 Å². The third-order valence-corrected chi connectivity index (χ3v) is 2.72. The highest BCUT2D eigenvalue weighted by atomic mass is 16.5. The van der Waals surface area contributed by atoms with Gasteiger partial charge in [-0.05, 0) is 12.8 Å². The molecule has 1 aromatic rings. The van der Waals surface area contributed by atoms with Crippen LogP contribution in [0.25, 0.3) is 0 Å².